The maximum Gasteiger partial charge on any atom is 0.231 e. The summed E-state index contributed by atoms with van der Waals surface area (Å²) in [6.45, 7) is 1.36. The van der Waals surface area contributed by atoms with Crippen molar-refractivity contribution in [2.45, 2.75) is 19.8 Å². The molecular weight excluding hydrogens is 232 g/mol. The lowest BCUT2D eigenvalue weighted by Crippen LogP contribution is -2.21. The van der Waals surface area contributed by atoms with E-state index in [0.29, 0.717) is 11.3 Å². The fourth-order valence-electron chi connectivity index (χ4n) is 1.48. The maximum atomic E-state index is 11.5. The number of para-hydroxylation sites is 1. The Labute approximate surface area is 106 Å². The largest absolute Gasteiger partial charge is 0.359 e. The van der Waals surface area contributed by atoms with E-state index in [-0.39, 0.29) is 30.4 Å². The second-order valence-corrected chi connectivity index (χ2v) is 3.93. The van der Waals surface area contributed by atoms with E-state index >= 15 is 0 Å². The van der Waals surface area contributed by atoms with Crippen LogP contribution < -0.4 is 10.6 Å². The molecule has 0 radical (unpaired) electrons. The Morgan fingerprint density at radius 3 is 2.39 bits per heavy atom. The van der Waals surface area contributed by atoms with E-state index in [1.165, 1.54) is 6.92 Å². The second kappa shape index (κ2) is 6.54. The summed E-state index contributed by atoms with van der Waals surface area (Å²) >= 11 is 0. The fraction of sp³-hybridized carbons (Fsp3) is 0.308. The van der Waals surface area contributed by atoms with Crippen LogP contribution in [0, 0.1) is 0 Å². The molecule has 0 heterocycles. The van der Waals surface area contributed by atoms with Crippen LogP contribution in [0.3, 0.4) is 0 Å². The minimum absolute atomic E-state index is 0.136. The lowest BCUT2D eigenvalue weighted by molar-refractivity contribution is -0.124. The first-order valence-electron chi connectivity index (χ1n) is 5.60. The first-order chi connectivity index (χ1) is 8.52. The Kier molecular flexibility index (Phi) is 5.05. The number of rotatable bonds is 5. The molecule has 0 atom stereocenters. The Hall–Kier alpha value is -2.17. The number of nitrogens with one attached hydrogen (secondary N) is 2. The average Bonchev–Trinajstić information content (AvgIpc) is 2.30. The molecule has 0 aliphatic rings. The number of carbonyl (C=O) groups excluding carboxylic acids is 3. The molecule has 0 saturated heterocycles. The van der Waals surface area contributed by atoms with Crippen LogP contribution in [0.15, 0.2) is 24.3 Å². The van der Waals surface area contributed by atoms with E-state index < -0.39 is 0 Å². The highest BCUT2D eigenvalue weighted by Crippen LogP contribution is 2.15. The van der Waals surface area contributed by atoms with Gasteiger partial charge in [-0.3, -0.25) is 14.4 Å². The number of likely N-dealkylation sites (N-methyl/N-ethyl adjacent to an activating group) is 1. The minimum Gasteiger partial charge on any atom is -0.359 e. The quantitative estimate of drug-likeness (QED) is 0.760. The highest BCUT2D eigenvalue weighted by molar-refractivity contribution is 6.04. The zero-order chi connectivity index (χ0) is 13.5. The van der Waals surface area contributed by atoms with Crippen LogP contribution in [0.4, 0.5) is 5.69 Å². The Balaban J connectivity index is 2.78. The van der Waals surface area contributed by atoms with Gasteiger partial charge in [0, 0.05) is 12.7 Å². The first kappa shape index (κ1) is 13.9. The third-order valence-corrected chi connectivity index (χ3v) is 2.33. The van der Waals surface area contributed by atoms with Gasteiger partial charge in [0.05, 0.1) is 12.8 Å². The number of carbonyl (C=O) groups is 3. The molecule has 0 aliphatic carbocycles. The van der Waals surface area contributed by atoms with Crippen molar-refractivity contribution >= 4 is 23.3 Å². The minimum atomic E-state index is -0.369. The number of benzene rings is 1. The fourth-order valence-corrected chi connectivity index (χ4v) is 1.48. The second-order valence-electron chi connectivity index (χ2n) is 3.93. The molecule has 1 rings (SSSR count). The third kappa shape index (κ3) is 4.37. The van der Waals surface area contributed by atoms with E-state index in [0.717, 1.165) is 0 Å². The van der Waals surface area contributed by atoms with Gasteiger partial charge in [-0.05, 0) is 18.6 Å². The van der Waals surface area contributed by atoms with Crippen LogP contribution in [-0.4, -0.2) is 24.6 Å². The predicted octanol–water partition coefficient (Wildman–Crippen LogP) is 0.893. The van der Waals surface area contributed by atoms with Crippen molar-refractivity contribution in [1.82, 2.24) is 5.32 Å². The zero-order valence-corrected chi connectivity index (χ0v) is 10.4. The van der Waals surface area contributed by atoms with Crippen LogP contribution in [0.2, 0.25) is 0 Å². The molecule has 96 valence electrons. The Bertz CT molecular complexity index is 469. The number of hydrogen-bond acceptors (Lipinski definition) is 3. The highest BCUT2D eigenvalue weighted by Gasteiger charge is 2.10. The van der Waals surface area contributed by atoms with Crippen LogP contribution in [0.5, 0.6) is 0 Å². The molecule has 0 unspecified atom stereocenters. The van der Waals surface area contributed by atoms with E-state index in [9.17, 15) is 14.4 Å². The number of Topliss-reactive ketones (excluding diaryl/α,β-unsaturated/α-hetero) is 1. The highest BCUT2D eigenvalue weighted by atomic mass is 16.2. The summed E-state index contributed by atoms with van der Waals surface area (Å²) in [7, 11) is 1.55. The van der Waals surface area contributed by atoms with Crippen molar-refractivity contribution in [3.63, 3.8) is 0 Å². The van der Waals surface area contributed by atoms with Gasteiger partial charge in [-0.25, -0.2) is 0 Å². The number of amides is 2. The van der Waals surface area contributed by atoms with Crippen LogP contribution in [0.25, 0.3) is 0 Å². The lowest BCUT2D eigenvalue weighted by atomic mass is 10.1. The van der Waals surface area contributed by atoms with Gasteiger partial charge in [0.15, 0.2) is 0 Å². The van der Waals surface area contributed by atoms with E-state index in [1.54, 1.807) is 31.3 Å². The molecule has 0 fully saturated rings. The topological polar surface area (TPSA) is 75.3 Å². The van der Waals surface area contributed by atoms with E-state index in [2.05, 4.69) is 10.6 Å². The van der Waals surface area contributed by atoms with Crippen LogP contribution in [0.1, 0.15) is 18.9 Å². The zero-order valence-electron chi connectivity index (χ0n) is 10.4. The van der Waals surface area contributed by atoms with Gasteiger partial charge in [0.1, 0.15) is 5.78 Å². The van der Waals surface area contributed by atoms with Gasteiger partial charge in [-0.2, -0.15) is 0 Å². The van der Waals surface area contributed by atoms with Crippen molar-refractivity contribution in [3.8, 4) is 0 Å². The SMILES string of the molecule is CNC(=O)Cc1ccccc1NC(=O)CC(C)=O. The van der Waals surface area contributed by atoms with E-state index in [4.69, 9.17) is 0 Å². The van der Waals surface area contributed by atoms with Gasteiger partial charge in [-0.1, -0.05) is 18.2 Å². The summed E-state index contributed by atoms with van der Waals surface area (Å²) in [5.41, 5.74) is 1.28. The van der Waals surface area contributed by atoms with E-state index in [1.807, 2.05) is 0 Å². The first-order valence-corrected chi connectivity index (χ1v) is 5.60. The molecule has 18 heavy (non-hydrogen) atoms. The van der Waals surface area contributed by atoms with Crippen molar-refractivity contribution in [2.24, 2.45) is 0 Å². The van der Waals surface area contributed by atoms with Crippen LogP contribution >= 0.6 is 0 Å². The van der Waals surface area contributed by atoms with Gasteiger partial charge < -0.3 is 10.6 Å². The Morgan fingerprint density at radius 1 is 1.11 bits per heavy atom. The summed E-state index contributed by atoms with van der Waals surface area (Å²) in [5.74, 6) is -0.702. The maximum absolute atomic E-state index is 11.5. The smallest absolute Gasteiger partial charge is 0.231 e. The van der Waals surface area contributed by atoms with Gasteiger partial charge in [-0.15, -0.1) is 0 Å². The van der Waals surface area contributed by atoms with Crippen molar-refractivity contribution in [1.29, 1.82) is 0 Å². The summed E-state index contributed by atoms with van der Waals surface area (Å²) in [4.78, 5) is 33.6. The molecule has 5 nitrogen and oxygen atoms in total. The molecule has 2 N–H and O–H groups in total. The molecule has 0 aromatic heterocycles. The molecule has 1 aromatic carbocycles. The number of hydrogen-bond donors (Lipinski definition) is 2. The predicted molar refractivity (Wildman–Crippen MR) is 68.1 cm³/mol. The molecular formula is C13H16N2O3. The molecule has 1 aromatic rings. The monoisotopic (exact) mass is 248 g/mol. The standard InChI is InChI=1S/C13H16N2O3/c1-9(16)7-13(18)15-11-6-4-3-5-10(11)8-12(17)14-2/h3-6H,7-8H2,1-2H3,(H,14,17)(H,15,18). The molecule has 0 spiro atoms. The van der Waals surface area contributed by atoms with Crippen LogP contribution in [-0.2, 0) is 20.8 Å². The number of anilines is 1. The third-order valence-electron chi connectivity index (χ3n) is 2.33. The summed E-state index contributed by atoms with van der Waals surface area (Å²) in [5, 5.41) is 5.15. The molecule has 0 aliphatic heterocycles. The van der Waals surface area contributed by atoms with Gasteiger partial charge in [0.25, 0.3) is 0 Å². The van der Waals surface area contributed by atoms with Gasteiger partial charge >= 0.3 is 0 Å². The summed E-state index contributed by atoms with van der Waals surface area (Å²) in [6, 6.07) is 7.02. The Morgan fingerprint density at radius 2 is 1.78 bits per heavy atom. The molecule has 0 bridgehead atoms. The molecule has 2 amide bonds. The normalized spacial score (nSPS) is 9.67. The molecule has 0 saturated carbocycles. The average molecular weight is 248 g/mol. The van der Waals surface area contributed by atoms with Crippen molar-refractivity contribution < 1.29 is 14.4 Å². The summed E-state index contributed by atoms with van der Waals surface area (Å²) in [6.07, 6.45) is 0.0291. The van der Waals surface area contributed by atoms with Gasteiger partial charge in [0.2, 0.25) is 11.8 Å². The summed E-state index contributed by atoms with van der Waals surface area (Å²) < 4.78 is 0. The number of ketones is 1. The van der Waals surface area contributed by atoms with Crippen molar-refractivity contribution in [2.75, 3.05) is 12.4 Å². The van der Waals surface area contributed by atoms with Crippen molar-refractivity contribution in [3.05, 3.63) is 29.8 Å². The molecule has 5 heteroatoms. The lowest BCUT2D eigenvalue weighted by Gasteiger charge is -2.09.